The predicted octanol–water partition coefficient (Wildman–Crippen LogP) is 2.41. The lowest BCUT2D eigenvalue weighted by molar-refractivity contribution is 0.129. The van der Waals surface area contributed by atoms with Crippen LogP contribution in [-0.2, 0) is 4.74 Å². The van der Waals surface area contributed by atoms with Crippen LogP contribution in [0.15, 0.2) is 29.2 Å². The molecular formula is C10H14ClNOS. The molecule has 1 aromatic carbocycles. The van der Waals surface area contributed by atoms with E-state index in [1.807, 2.05) is 24.3 Å². The Balaban J connectivity index is 2.41. The van der Waals surface area contributed by atoms with Gasteiger partial charge in [-0.25, -0.2) is 0 Å². The number of hydrogen-bond donors (Lipinski definition) is 1. The minimum absolute atomic E-state index is 0.121. The van der Waals surface area contributed by atoms with Gasteiger partial charge in [-0.2, -0.15) is 0 Å². The smallest absolute Gasteiger partial charge is 0.0787 e. The second-order valence-electron chi connectivity index (χ2n) is 2.86. The zero-order valence-electron chi connectivity index (χ0n) is 8.07. The fourth-order valence-corrected chi connectivity index (χ4v) is 2.06. The number of rotatable bonds is 5. The molecule has 0 bridgehead atoms. The van der Waals surface area contributed by atoms with Gasteiger partial charge in [0.15, 0.2) is 0 Å². The molecule has 0 radical (unpaired) electrons. The van der Waals surface area contributed by atoms with Gasteiger partial charge in [0.2, 0.25) is 0 Å². The molecule has 1 rings (SSSR count). The summed E-state index contributed by atoms with van der Waals surface area (Å²) in [5, 5.41) is 0.761. The molecule has 1 aromatic rings. The zero-order valence-corrected chi connectivity index (χ0v) is 9.65. The second kappa shape index (κ2) is 6.30. The van der Waals surface area contributed by atoms with Gasteiger partial charge in [-0.05, 0) is 24.3 Å². The van der Waals surface area contributed by atoms with E-state index in [1.54, 1.807) is 18.9 Å². The first kappa shape index (κ1) is 11.9. The summed E-state index contributed by atoms with van der Waals surface area (Å²) < 4.78 is 5.17. The Hall–Kier alpha value is -0.220. The molecule has 1 atom stereocenters. The highest BCUT2D eigenvalue weighted by molar-refractivity contribution is 7.99. The van der Waals surface area contributed by atoms with Crippen molar-refractivity contribution < 1.29 is 4.74 Å². The Morgan fingerprint density at radius 3 is 2.57 bits per heavy atom. The maximum Gasteiger partial charge on any atom is 0.0787 e. The summed E-state index contributed by atoms with van der Waals surface area (Å²) in [6.07, 6.45) is 0.121. The number of benzene rings is 1. The number of halogens is 1. The molecule has 0 aliphatic heterocycles. The van der Waals surface area contributed by atoms with E-state index in [0.29, 0.717) is 6.54 Å². The molecule has 0 amide bonds. The van der Waals surface area contributed by atoms with Crippen molar-refractivity contribution in [3.8, 4) is 0 Å². The Kier molecular flexibility index (Phi) is 5.33. The molecule has 0 saturated carbocycles. The fraction of sp³-hybridized carbons (Fsp3) is 0.400. The monoisotopic (exact) mass is 231 g/mol. The van der Waals surface area contributed by atoms with Gasteiger partial charge in [-0.15, -0.1) is 11.8 Å². The molecule has 0 fully saturated rings. The maximum atomic E-state index is 5.77. The summed E-state index contributed by atoms with van der Waals surface area (Å²) in [4.78, 5) is 1.19. The largest absolute Gasteiger partial charge is 0.379 e. The average Bonchev–Trinajstić information content (AvgIpc) is 2.22. The van der Waals surface area contributed by atoms with E-state index in [-0.39, 0.29) is 6.10 Å². The fourth-order valence-electron chi connectivity index (χ4n) is 0.952. The summed E-state index contributed by atoms with van der Waals surface area (Å²) in [5.74, 6) is 0.870. The molecule has 0 aliphatic carbocycles. The lowest BCUT2D eigenvalue weighted by Crippen LogP contribution is -2.24. The van der Waals surface area contributed by atoms with Crippen LogP contribution < -0.4 is 5.73 Å². The molecule has 1 unspecified atom stereocenters. The van der Waals surface area contributed by atoms with Crippen molar-refractivity contribution in [2.75, 3.05) is 19.4 Å². The van der Waals surface area contributed by atoms with Crippen LogP contribution in [0.25, 0.3) is 0 Å². The normalized spacial score (nSPS) is 12.8. The molecule has 0 spiro atoms. The number of hydrogen-bond acceptors (Lipinski definition) is 3. The molecule has 2 nitrogen and oxygen atoms in total. The van der Waals surface area contributed by atoms with Crippen molar-refractivity contribution in [1.29, 1.82) is 0 Å². The molecule has 0 aromatic heterocycles. The third-order valence-electron chi connectivity index (χ3n) is 1.85. The topological polar surface area (TPSA) is 35.2 Å². The quantitative estimate of drug-likeness (QED) is 0.791. The van der Waals surface area contributed by atoms with E-state index < -0.39 is 0 Å². The minimum Gasteiger partial charge on any atom is -0.379 e. The third-order valence-corrected chi connectivity index (χ3v) is 3.24. The van der Waals surface area contributed by atoms with Crippen LogP contribution in [0.4, 0.5) is 0 Å². The molecule has 2 N–H and O–H groups in total. The van der Waals surface area contributed by atoms with Crippen LogP contribution in [0, 0.1) is 0 Å². The first-order valence-electron chi connectivity index (χ1n) is 4.37. The standard InChI is InChI=1S/C10H14ClNOS/c1-13-9(6-12)7-14-10-4-2-8(11)3-5-10/h2-5,9H,6-7,12H2,1H3. The summed E-state index contributed by atoms with van der Waals surface area (Å²) in [7, 11) is 1.68. The highest BCUT2D eigenvalue weighted by Gasteiger charge is 2.04. The maximum absolute atomic E-state index is 5.77. The first-order chi connectivity index (χ1) is 6.76. The van der Waals surface area contributed by atoms with Crippen LogP contribution >= 0.6 is 23.4 Å². The van der Waals surface area contributed by atoms with E-state index in [4.69, 9.17) is 22.1 Å². The van der Waals surface area contributed by atoms with Crippen molar-refractivity contribution in [3.63, 3.8) is 0 Å². The zero-order chi connectivity index (χ0) is 10.4. The van der Waals surface area contributed by atoms with Gasteiger partial charge in [0.1, 0.15) is 0 Å². The number of nitrogens with two attached hydrogens (primary N) is 1. The van der Waals surface area contributed by atoms with Crippen LogP contribution in [-0.4, -0.2) is 25.5 Å². The van der Waals surface area contributed by atoms with Gasteiger partial charge in [0.05, 0.1) is 6.10 Å². The Morgan fingerprint density at radius 1 is 1.43 bits per heavy atom. The van der Waals surface area contributed by atoms with Crippen molar-refractivity contribution in [3.05, 3.63) is 29.3 Å². The molecular weight excluding hydrogens is 218 g/mol. The number of methoxy groups -OCH3 is 1. The van der Waals surface area contributed by atoms with Gasteiger partial charge in [-0.1, -0.05) is 11.6 Å². The molecule has 78 valence electrons. The van der Waals surface area contributed by atoms with Crippen LogP contribution in [0.2, 0.25) is 5.02 Å². The van der Waals surface area contributed by atoms with Crippen molar-refractivity contribution >= 4 is 23.4 Å². The summed E-state index contributed by atoms with van der Waals surface area (Å²) in [5.41, 5.74) is 5.51. The van der Waals surface area contributed by atoms with E-state index in [9.17, 15) is 0 Å². The summed E-state index contributed by atoms with van der Waals surface area (Å²) >= 11 is 7.50. The van der Waals surface area contributed by atoms with E-state index in [0.717, 1.165) is 10.8 Å². The lowest BCUT2D eigenvalue weighted by atomic mass is 10.4. The number of thioether (sulfide) groups is 1. The first-order valence-corrected chi connectivity index (χ1v) is 5.74. The number of ether oxygens (including phenoxy) is 1. The van der Waals surface area contributed by atoms with Gasteiger partial charge in [-0.3, -0.25) is 0 Å². The predicted molar refractivity (Wildman–Crippen MR) is 62.0 cm³/mol. The Bertz CT molecular complexity index is 261. The molecule has 14 heavy (non-hydrogen) atoms. The van der Waals surface area contributed by atoms with Crippen LogP contribution in [0.3, 0.4) is 0 Å². The Morgan fingerprint density at radius 2 is 2.07 bits per heavy atom. The van der Waals surface area contributed by atoms with Crippen LogP contribution in [0.5, 0.6) is 0 Å². The van der Waals surface area contributed by atoms with Crippen molar-refractivity contribution in [2.45, 2.75) is 11.0 Å². The van der Waals surface area contributed by atoms with Gasteiger partial charge in [0.25, 0.3) is 0 Å². The van der Waals surface area contributed by atoms with Gasteiger partial charge >= 0.3 is 0 Å². The van der Waals surface area contributed by atoms with Crippen LogP contribution in [0.1, 0.15) is 0 Å². The lowest BCUT2D eigenvalue weighted by Gasteiger charge is -2.11. The van der Waals surface area contributed by atoms with Crippen molar-refractivity contribution in [2.24, 2.45) is 5.73 Å². The molecule has 0 saturated heterocycles. The van der Waals surface area contributed by atoms with Gasteiger partial charge < -0.3 is 10.5 Å². The van der Waals surface area contributed by atoms with E-state index in [2.05, 4.69) is 0 Å². The van der Waals surface area contributed by atoms with Gasteiger partial charge in [0, 0.05) is 29.3 Å². The average molecular weight is 232 g/mol. The highest BCUT2D eigenvalue weighted by atomic mass is 35.5. The van der Waals surface area contributed by atoms with E-state index >= 15 is 0 Å². The summed E-state index contributed by atoms with van der Waals surface area (Å²) in [6, 6.07) is 7.76. The minimum atomic E-state index is 0.121. The molecule has 4 heteroatoms. The highest BCUT2D eigenvalue weighted by Crippen LogP contribution is 2.21. The summed E-state index contributed by atoms with van der Waals surface area (Å²) in [6.45, 7) is 0.553. The molecule has 0 aliphatic rings. The second-order valence-corrected chi connectivity index (χ2v) is 4.39. The SMILES string of the molecule is COC(CN)CSc1ccc(Cl)cc1. The molecule has 0 heterocycles. The Labute approximate surface area is 93.8 Å². The third kappa shape index (κ3) is 3.88. The van der Waals surface area contributed by atoms with Crippen molar-refractivity contribution in [1.82, 2.24) is 0 Å². The van der Waals surface area contributed by atoms with E-state index in [1.165, 1.54) is 4.90 Å².